The third-order valence-corrected chi connectivity index (χ3v) is 3.65. The summed E-state index contributed by atoms with van der Waals surface area (Å²) in [5.41, 5.74) is 2.29. The lowest BCUT2D eigenvalue weighted by molar-refractivity contribution is -0.133. The first-order chi connectivity index (χ1) is 9.97. The van der Waals surface area contributed by atoms with E-state index in [1.165, 1.54) is 5.56 Å². The first kappa shape index (κ1) is 17.2. The van der Waals surface area contributed by atoms with Crippen LogP contribution >= 0.6 is 0 Å². The van der Waals surface area contributed by atoms with Crippen molar-refractivity contribution in [3.05, 3.63) is 35.4 Å². The SMILES string of the molecule is CCN(CC)C(=O)CCN(Cc1ccc(C)cc1)C(C)=O. The Morgan fingerprint density at radius 3 is 2.05 bits per heavy atom. The summed E-state index contributed by atoms with van der Waals surface area (Å²) in [5.74, 6) is 0.109. The van der Waals surface area contributed by atoms with Gasteiger partial charge in [0, 0.05) is 39.5 Å². The Hall–Kier alpha value is -1.84. The van der Waals surface area contributed by atoms with E-state index in [0.29, 0.717) is 32.6 Å². The maximum atomic E-state index is 12.0. The molecule has 0 aliphatic rings. The Morgan fingerprint density at radius 2 is 1.57 bits per heavy atom. The molecule has 1 rings (SSSR count). The number of hydrogen-bond acceptors (Lipinski definition) is 2. The topological polar surface area (TPSA) is 40.6 Å². The van der Waals surface area contributed by atoms with Crippen LogP contribution in [-0.2, 0) is 16.1 Å². The van der Waals surface area contributed by atoms with Gasteiger partial charge in [-0.05, 0) is 26.3 Å². The van der Waals surface area contributed by atoms with E-state index in [0.717, 1.165) is 5.56 Å². The minimum absolute atomic E-state index is 0.00271. The zero-order chi connectivity index (χ0) is 15.8. The van der Waals surface area contributed by atoms with E-state index < -0.39 is 0 Å². The van der Waals surface area contributed by atoms with E-state index in [1.807, 2.05) is 45.0 Å². The van der Waals surface area contributed by atoms with Crippen LogP contribution in [0.15, 0.2) is 24.3 Å². The largest absolute Gasteiger partial charge is 0.343 e. The van der Waals surface area contributed by atoms with Crippen LogP contribution in [-0.4, -0.2) is 41.2 Å². The monoisotopic (exact) mass is 290 g/mol. The van der Waals surface area contributed by atoms with Crippen LogP contribution < -0.4 is 0 Å². The summed E-state index contributed by atoms with van der Waals surface area (Å²) < 4.78 is 0. The molecule has 2 amide bonds. The van der Waals surface area contributed by atoms with Gasteiger partial charge >= 0.3 is 0 Å². The van der Waals surface area contributed by atoms with Gasteiger partial charge in [-0.15, -0.1) is 0 Å². The number of nitrogens with zero attached hydrogens (tertiary/aromatic N) is 2. The number of amides is 2. The van der Waals surface area contributed by atoms with Gasteiger partial charge in [0.05, 0.1) is 0 Å². The van der Waals surface area contributed by atoms with Gasteiger partial charge < -0.3 is 9.80 Å². The molecule has 0 N–H and O–H groups in total. The lowest BCUT2D eigenvalue weighted by atomic mass is 10.1. The van der Waals surface area contributed by atoms with Gasteiger partial charge in [-0.25, -0.2) is 0 Å². The smallest absolute Gasteiger partial charge is 0.224 e. The minimum Gasteiger partial charge on any atom is -0.343 e. The van der Waals surface area contributed by atoms with Gasteiger partial charge in [-0.3, -0.25) is 9.59 Å². The van der Waals surface area contributed by atoms with E-state index in [1.54, 1.807) is 16.7 Å². The van der Waals surface area contributed by atoms with Crippen molar-refractivity contribution in [3.63, 3.8) is 0 Å². The highest BCUT2D eigenvalue weighted by Crippen LogP contribution is 2.08. The normalized spacial score (nSPS) is 10.3. The molecular weight excluding hydrogens is 264 g/mol. The number of hydrogen-bond donors (Lipinski definition) is 0. The van der Waals surface area contributed by atoms with Crippen LogP contribution in [0.2, 0.25) is 0 Å². The average Bonchev–Trinajstić information content (AvgIpc) is 2.46. The lowest BCUT2D eigenvalue weighted by Gasteiger charge is -2.24. The highest BCUT2D eigenvalue weighted by molar-refractivity contribution is 5.78. The first-order valence-corrected chi connectivity index (χ1v) is 7.56. The molecule has 0 aliphatic heterocycles. The summed E-state index contributed by atoms with van der Waals surface area (Å²) in [6.07, 6.45) is 0.382. The van der Waals surface area contributed by atoms with Crippen molar-refractivity contribution in [2.75, 3.05) is 19.6 Å². The van der Waals surface area contributed by atoms with Gasteiger partial charge in [-0.2, -0.15) is 0 Å². The molecule has 21 heavy (non-hydrogen) atoms. The molecule has 116 valence electrons. The van der Waals surface area contributed by atoms with Crippen LogP contribution in [0.25, 0.3) is 0 Å². The van der Waals surface area contributed by atoms with Crippen LogP contribution in [0.4, 0.5) is 0 Å². The molecule has 0 saturated carbocycles. The zero-order valence-electron chi connectivity index (χ0n) is 13.6. The Balaban J connectivity index is 2.60. The Bertz CT molecular complexity index is 464. The Morgan fingerprint density at radius 1 is 1.00 bits per heavy atom. The van der Waals surface area contributed by atoms with Crippen LogP contribution in [0.5, 0.6) is 0 Å². The molecular formula is C17H26N2O2. The summed E-state index contributed by atoms with van der Waals surface area (Å²) in [4.78, 5) is 27.3. The predicted octanol–water partition coefficient (Wildman–Crippen LogP) is 2.60. The number of aryl methyl sites for hydroxylation is 1. The highest BCUT2D eigenvalue weighted by atomic mass is 16.2. The molecule has 0 aromatic heterocycles. The van der Waals surface area contributed by atoms with Gasteiger partial charge in [0.15, 0.2) is 0 Å². The van der Waals surface area contributed by atoms with Gasteiger partial charge in [-0.1, -0.05) is 29.8 Å². The van der Waals surface area contributed by atoms with Gasteiger partial charge in [0.25, 0.3) is 0 Å². The fraction of sp³-hybridized carbons (Fsp3) is 0.529. The van der Waals surface area contributed by atoms with Crippen molar-refractivity contribution in [1.29, 1.82) is 0 Å². The summed E-state index contributed by atoms with van der Waals surface area (Å²) in [7, 11) is 0. The maximum absolute atomic E-state index is 12.0. The minimum atomic E-state index is 0.00271. The fourth-order valence-electron chi connectivity index (χ4n) is 2.23. The first-order valence-electron chi connectivity index (χ1n) is 7.56. The average molecular weight is 290 g/mol. The molecule has 0 bridgehead atoms. The van der Waals surface area contributed by atoms with Crippen molar-refractivity contribution in [3.8, 4) is 0 Å². The molecule has 0 atom stereocenters. The molecule has 4 nitrogen and oxygen atoms in total. The second kappa shape index (κ2) is 8.45. The van der Waals surface area contributed by atoms with Crippen LogP contribution in [0, 0.1) is 6.92 Å². The zero-order valence-corrected chi connectivity index (χ0v) is 13.6. The van der Waals surface area contributed by atoms with Crippen molar-refractivity contribution in [2.24, 2.45) is 0 Å². The third kappa shape index (κ3) is 5.58. The molecule has 0 heterocycles. The Labute approximate surface area is 127 Å². The van der Waals surface area contributed by atoms with Gasteiger partial charge in [0.1, 0.15) is 0 Å². The Kier molecular flexibility index (Phi) is 6.92. The molecule has 0 radical (unpaired) electrons. The molecule has 0 unspecified atom stereocenters. The third-order valence-electron chi connectivity index (χ3n) is 3.65. The molecule has 1 aromatic carbocycles. The number of carbonyl (C=O) groups is 2. The predicted molar refractivity (Wildman–Crippen MR) is 84.8 cm³/mol. The summed E-state index contributed by atoms with van der Waals surface area (Å²) in [6, 6.07) is 8.12. The molecule has 1 aromatic rings. The van der Waals surface area contributed by atoms with Crippen molar-refractivity contribution in [2.45, 2.75) is 40.7 Å². The van der Waals surface area contributed by atoms with Crippen molar-refractivity contribution in [1.82, 2.24) is 9.80 Å². The molecule has 0 saturated heterocycles. The van der Waals surface area contributed by atoms with Crippen LogP contribution in [0.3, 0.4) is 0 Å². The van der Waals surface area contributed by atoms with E-state index in [-0.39, 0.29) is 11.8 Å². The standard InChI is InChI=1S/C17H26N2O2/c1-5-18(6-2)17(21)11-12-19(15(4)20)13-16-9-7-14(3)8-10-16/h7-10H,5-6,11-13H2,1-4H3. The number of benzene rings is 1. The van der Waals surface area contributed by atoms with Crippen molar-refractivity contribution >= 4 is 11.8 Å². The number of carbonyl (C=O) groups excluding carboxylic acids is 2. The van der Waals surface area contributed by atoms with E-state index in [9.17, 15) is 9.59 Å². The summed E-state index contributed by atoms with van der Waals surface area (Å²) >= 11 is 0. The van der Waals surface area contributed by atoms with Crippen LogP contribution in [0.1, 0.15) is 38.3 Å². The van der Waals surface area contributed by atoms with E-state index >= 15 is 0 Å². The highest BCUT2D eigenvalue weighted by Gasteiger charge is 2.14. The van der Waals surface area contributed by atoms with Crippen molar-refractivity contribution < 1.29 is 9.59 Å². The van der Waals surface area contributed by atoms with E-state index in [4.69, 9.17) is 0 Å². The number of rotatable bonds is 7. The summed E-state index contributed by atoms with van der Waals surface area (Å²) in [6.45, 7) is 9.98. The summed E-state index contributed by atoms with van der Waals surface area (Å²) in [5, 5.41) is 0. The van der Waals surface area contributed by atoms with Gasteiger partial charge in [0.2, 0.25) is 11.8 Å². The maximum Gasteiger partial charge on any atom is 0.224 e. The molecule has 0 fully saturated rings. The fourth-order valence-corrected chi connectivity index (χ4v) is 2.23. The quantitative estimate of drug-likeness (QED) is 0.774. The molecule has 0 aliphatic carbocycles. The molecule has 0 spiro atoms. The molecule has 4 heteroatoms. The van der Waals surface area contributed by atoms with E-state index in [2.05, 4.69) is 0 Å². The second-order valence-electron chi connectivity index (χ2n) is 5.24. The lowest BCUT2D eigenvalue weighted by Crippen LogP contribution is -2.35. The second-order valence-corrected chi connectivity index (χ2v) is 5.24.